The van der Waals surface area contributed by atoms with Gasteiger partial charge in [-0.3, -0.25) is 0 Å². The van der Waals surface area contributed by atoms with Crippen molar-refractivity contribution in [2.45, 2.75) is 6.42 Å². The molecule has 1 aliphatic rings. The number of ether oxygens (including phenoxy) is 1. The molecule has 1 amide bonds. The Hall–Kier alpha value is -1.91. The van der Waals surface area contributed by atoms with Gasteiger partial charge in [-0.15, -0.1) is 0 Å². The van der Waals surface area contributed by atoms with Crippen LogP contribution in [0, 0.1) is 5.92 Å². The lowest BCUT2D eigenvalue weighted by molar-refractivity contribution is 0.151. The number of phenolic OH excluding ortho intramolecular Hbond substituents is 1. The number of nitrogens with zero attached hydrogens (tertiary/aromatic N) is 1. The summed E-state index contributed by atoms with van der Waals surface area (Å²) < 4.78 is 5.52. The maximum absolute atomic E-state index is 10.7. The minimum Gasteiger partial charge on any atom is -0.508 e. The average Bonchev–Trinajstić information content (AvgIpc) is 2.75. The smallest absolute Gasteiger partial charge is 0.407 e. The van der Waals surface area contributed by atoms with E-state index in [2.05, 4.69) is 0 Å². The second-order valence-electron chi connectivity index (χ2n) is 4.19. The topological polar surface area (TPSA) is 70.0 Å². The third-order valence-electron chi connectivity index (χ3n) is 2.86. The SMILES string of the molecule is O=C(O)N1CC[C@@H](COc2cccc(O)c2)C1. The monoisotopic (exact) mass is 237 g/mol. The maximum atomic E-state index is 10.7. The zero-order valence-corrected chi connectivity index (χ0v) is 9.37. The van der Waals surface area contributed by atoms with Gasteiger partial charge in [0, 0.05) is 25.1 Å². The number of rotatable bonds is 3. The first-order valence-corrected chi connectivity index (χ1v) is 5.55. The van der Waals surface area contributed by atoms with Crippen LogP contribution >= 0.6 is 0 Å². The van der Waals surface area contributed by atoms with Gasteiger partial charge >= 0.3 is 6.09 Å². The van der Waals surface area contributed by atoms with Gasteiger partial charge in [0.05, 0.1) is 6.61 Å². The number of likely N-dealkylation sites (tertiary alicyclic amines) is 1. The maximum Gasteiger partial charge on any atom is 0.407 e. The summed E-state index contributed by atoms with van der Waals surface area (Å²) in [5.74, 6) is 1.01. The number of carboxylic acid groups (broad SMARTS) is 1. The predicted molar refractivity (Wildman–Crippen MR) is 61.3 cm³/mol. The molecule has 2 rings (SSSR count). The summed E-state index contributed by atoms with van der Waals surface area (Å²) in [6.45, 7) is 1.57. The van der Waals surface area contributed by atoms with Crippen molar-refractivity contribution >= 4 is 6.09 Å². The Kier molecular flexibility index (Phi) is 3.37. The Balaban J connectivity index is 1.82. The van der Waals surface area contributed by atoms with Crippen LogP contribution < -0.4 is 4.74 Å². The van der Waals surface area contributed by atoms with Gasteiger partial charge in [0.25, 0.3) is 0 Å². The molecule has 1 saturated heterocycles. The van der Waals surface area contributed by atoms with E-state index < -0.39 is 6.09 Å². The van der Waals surface area contributed by atoms with Crippen LogP contribution in [0.5, 0.6) is 11.5 Å². The summed E-state index contributed by atoms with van der Waals surface area (Å²) in [7, 11) is 0. The van der Waals surface area contributed by atoms with E-state index in [1.165, 1.54) is 4.90 Å². The standard InChI is InChI=1S/C12H15NO4/c14-10-2-1-3-11(6-10)17-8-9-4-5-13(7-9)12(15)16/h1-3,6,9,14H,4-5,7-8H2,(H,15,16)/t9-/m1/s1. The average molecular weight is 237 g/mol. The highest BCUT2D eigenvalue weighted by atomic mass is 16.5. The molecule has 1 fully saturated rings. The minimum absolute atomic E-state index is 0.168. The van der Waals surface area contributed by atoms with Crippen molar-refractivity contribution in [2.24, 2.45) is 5.92 Å². The number of hydrogen-bond acceptors (Lipinski definition) is 3. The molecule has 1 aromatic rings. The summed E-state index contributed by atoms with van der Waals surface area (Å²) in [6, 6.07) is 6.60. The number of benzene rings is 1. The molecule has 0 unspecified atom stereocenters. The van der Waals surface area contributed by atoms with Crippen LogP contribution in [0.3, 0.4) is 0 Å². The molecule has 0 saturated carbocycles. The molecule has 2 N–H and O–H groups in total. The van der Waals surface area contributed by atoms with Crippen molar-refractivity contribution in [1.82, 2.24) is 4.90 Å². The lowest BCUT2D eigenvalue weighted by Gasteiger charge is -2.13. The highest BCUT2D eigenvalue weighted by Gasteiger charge is 2.26. The molecule has 1 heterocycles. The van der Waals surface area contributed by atoms with Gasteiger partial charge in [-0.25, -0.2) is 4.79 Å². The molecule has 1 aliphatic heterocycles. The largest absolute Gasteiger partial charge is 0.508 e. The molecular weight excluding hydrogens is 222 g/mol. The fourth-order valence-electron chi connectivity index (χ4n) is 1.93. The molecule has 0 aliphatic carbocycles. The van der Waals surface area contributed by atoms with Crippen molar-refractivity contribution < 1.29 is 19.7 Å². The Bertz CT molecular complexity index is 407. The number of aromatic hydroxyl groups is 1. The molecule has 92 valence electrons. The van der Waals surface area contributed by atoms with Crippen LogP contribution in [0.4, 0.5) is 4.79 Å². The van der Waals surface area contributed by atoms with Crippen LogP contribution in [-0.4, -0.2) is 40.9 Å². The lowest BCUT2D eigenvalue weighted by Crippen LogP contribution is -2.27. The van der Waals surface area contributed by atoms with E-state index in [1.807, 2.05) is 0 Å². The minimum atomic E-state index is -0.871. The van der Waals surface area contributed by atoms with Crippen molar-refractivity contribution in [3.05, 3.63) is 24.3 Å². The Morgan fingerprint density at radius 2 is 2.35 bits per heavy atom. The molecular formula is C12H15NO4. The molecule has 0 aromatic heterocycles. The molecule has 0 spiro atoms. The van der Waals surface area contributed by atoms with Gasteiger partial charge in [0.2, 0.25) is 0 Å². The van der Waals surface area contributed by atoms with Gasteiger partial charge in [-0.2, -0.15) is 0 Å². The second-order valence-corrected chi connectivity index (χ2v) is 4.19. The normalized spacial score (nSPS) is 19.3. The van der Waals surface area contributed by atoms with Crippen molar-refractivity contribution in [3.63, 3.8) is 0 Å². The van der Waals surface area contributed by atoms with Crippen LogP contribution in [0.2, 0.25) is 0 Å². The molecule has 5 heteroatoms. The number of hydrogen-bond donors (Lipinski definition) is 2. The first-order valence-electron chi connectivity index (χ1n) is 5.55. The quantitative estimate of drug-likeness (QED) is 0.840. The van der Waals surface area contributed by atoms with E-state index in [0.29, 0.717) is 25.4 Å². The zero-order chi connectivity index (χ0) is 12.3. The Morgan fingerprint density at radius 1 is 1.53 bits per heavy atom. The molecule has 0 bridgehead atoms. The highest BCUT2D eigenvalue weighted by molar-refractivity contribution is 5.65. The van der Waals surface area contributed by atoms with Gasteiger partial charge in [-0.1, -0.05) is 6.07 Å². The summed E-state index contributed by atoms with van der Waals surface area (Å²) >= 11 is 0. The Morgan fingerprint density at radius 3 is 3.00 bits per heavy atom. The number of phenols is 1. The van der Waals surface area contributed by atoms with Crippen molar-refractivity contribution in [3.8, 4) is 11.5 Å². The summed E-state index contributed by atoms with van der Waals surface area (Å²) in [4.78, 5) is 12.1. The van der Waals surface area contributed by atoms with Gasteiger partial charge in [0.1, 0.15) is 11.5 Å². The third kappa shape index (κ3) is 3.03. The van der Waals surface area contributed by atoms with Crippen molar-refractivity contribution in [1.29, 1.82) is 0 Å². The molecule has 5 nitrogen and oxygen atoms in total. The Labute approximate surface area is 99.2 Å². The van der Waals surface area contributed by atoms with E-state index in [1.54, 1.807) is 24.3 Å². The second kappa shape index (κ2) is 4.95. The van der Waals surface area contributed by atoms with Crippen LogP contribution in [-0.2, 0) is 0 Å². The third-order valence-corrected chi connectivity index (χ3v) is 2.86. The van der Waals surface area contributed by atoms with E-state index in [0.717, 1.165) is 6.42 Å². The fraction of sp³-hybridized carbons (Fsp3) is 0.417. The van der Waals surface area contributed by atoms with Crippen LogP contribution in [0.1, 0.15) is 6.42 Å². The summed E-state index contributed by atoms with van der Waals surface area (Å²) in [5.41, 5.74) is 0. The zero-order valence-electron chi connectivity index (χ0n) is 9.37. The lowest BCUT2D eigenvalue weighted by atomic mass is 10.1. The number of amides is 1. The molecule has 1 atom stereocenters. The summed E-state index contributed by atoms with van der Waals surface area (Å²) in [5, 5.41) is 18.1. The number of carbonyl (C=O) groups is 1. The van der Waals surface area contributed by atoms with Gasteiger partial charge in [0.15, 0.2) is 0 Å². The highest BCUT2D eigenvalue weighted by Crippen LogP contribution is 2.21. The predicted octanol–water partition coefficient (Wildman–Crippen LogP) is 1.77. The van der Waals surface area contributed by atoms with Gasteiger partial charge in [-0.05, 0) is 18.6 Å². The van der Waals surface area contributed by atoms with E-state index in [9.17, 15) is 9.90 Å². The molecule has 17 heavy (non-hydrogen) atoms. The fourth-order valence-corrected chi connectivity index (χ4v) is 1.93. The van der Waals surface area contributed by atoms with Gasteiger partial charge < -0.3 is 19.8 Å². The van der Waals surface area contributed by atoms with Crippen LogP contribution in [0.15, 0.2) is 24.3 Å². The van der Waals surface area contributed by atoms with Crippen molar-refractivity contribution in [2.75, 3.05) is 19.7 Å². The van der Waals surface area contributed by atoms with E-state index in [-0.39, 0.29) is 11.7 Å². The van der Waals surface area contributed by atoms with E-state index in [4.69, 9.17) is 9.84 Å². The van der Waals surface area contributed by atoms with Crippen LogP contribution in [0.25, 0.3) is 0 Å². The summed E-state index contributed by atoms with van der Waals surface area (Å²) in [6.07, 6.45) is -0.0460. The first kappa shape index (κ1) is 11.6. The molecule has 0 radical (unpaired) electrons. The first-order chi connectivity index (χ1) is 8.15. The molecule has 1 aromatic carbocycles. The van der Waals surface area contributed by atoms with E-state index >= 15 is 0 Å².